The Balaban J connectivity index is 0.00000288. The number of rotatable bonds is 7. The zero-order chi connectivity index (χ0) is 16.5. The van der Waals surface area contributed by atoms with Crippen LogP contribution in [0.3, 0.4) is 0 Å². The third-order valence-corrected chi connectivity index (χ3v) is 3.75. The Hall–Kier alpha value is -1.29. The van der Waals surface area contributed by atoms with Crippen LogP contribution in [0.5, 0.6) is 0 Å². The lowest BCUT2D eigenvalue weighted by atomic mass is 10.2. The standard InChI is InChI=1S/C16H21FN4OS.HI/c1-18-16(20-9-10-23-2)19-8-7-14-11-22-15(21-14)12-3-5-13(17)6-4-12;/h3-6,11H,7-10H2,1-2H3,(H2,18,19,20);1H. The molecular weight excluding hydrogens is 442 g/mol. The normalized spacial score (nSPS) is 11.0. The van der Waals surface area contributed by atoms with Crippen molar-refractivity contribution in [1.82, 2.24) is 15.6 Å². The van der Waals surface area contributed by atoms with E-state index >= 15 is 0 Å². The summed E-state index contributed by atoms with van der Waals surface area (Å²) < 4.78 is 18.4. The van der Waals surface area contributed by atoms with Crippen LogP contribution in [0.2, 0.25) is 0 Å². The quantitative estimate of drug-likeness (QED) is 0.285. The van der Waals surface area contributed by atoms with Gasteiger partial charge in [0.1, 0.15) is 12.1 Å². The second kappa shape index (κ2) is 11.3. The molecule has 1 aromatic carbocycles. The summed E-state index contributed by atoms with van der Waals surface area (Å²) in [5, 5.41) is 6.46. The third kappa shape index (κ3) is 6.68. The van der Waals surface area contributed by atoms with Gasteiger partial charge in [0.05, 0.1) is 5.69 Å². The highest BCUT2D eigenvalue weighted by molar-refractivity contribution is 14.0. The Bertz CT molecular complexity index is 633. The van der Waals surface area contributed by atoms with Gasteiger partial charge >= 0.3 is 0 Å². The highest BCUT2D eigenvalue weighted by Crippen LogP contribution is 2.18. The smallest absolute Gasteiger partial charge is 0.226 e. The third-order valence-electron chi connectivity index (χ3n) is 3.14. The molecule has 0 amide bonds. The molecule has 0 aliphatic rings. The lowest BCUT2D eigenvalue weighted by Gasteiger charge is -2.10. The molecule has 0 fully saturated rings. The van der Waals surface area contributed by atoms with E-state index in [2.05, 4.69) is 26.9 Å². The van der Waals surface area contributed by atoms with Crippen molar-refractivity contribution in [3.05, 3.63) is 42.0 Å². The summed E-state index contributed by atoms with van der Waals surface area (Å²) >= 11 is 1.79. The van der Waals surface area contributed by atoms with Crippen molar-refractivity contribution in [2.24, 2.45) is 4.99 Å². The van der Waals surface area contributed by atoms with Gasteiger partial charge in [-0.1, -0.05) is 0 Å². The fourth-order valence-corrected chi connectivity index (χ4v) is 2.25. The van der Waals surface area contributed by atoms with Gasteiger partial charge in [0, 0.05) is 37.9 Å². The molecular formula is C16H22FIN4OS. The van der Waals surface area contributed by atoms with E-state index in [1.54, 1.807) is 37.2 Å². The number of nitrogens with one attached hydrogen (secondary N) is 2. The molecule has 1 heterocycles. The van der Waals surface area contributed by atoms with Crippen molar-refractivity contribution in [2.75, 3.05) is 32.1 Å². The molecule has 5 nitrogen and oxygen atoms in total. The van der Waals surface area contributed by atoms with Crippen LogP contribution in [0.25, 0.3) is 11.5 Å². The minimum atomic E-state index is -0.273. The Morgan fingerprint density at radius 1 is 1.25 bits per heavy atom. The van der Waals surface area contributed by atoms with Crippen LogP contribution in [0.15, 0.2) is 39.9 Å². The van der Waals surface area contributed by atoms with Crippen LogP contribution in [-0.2, 0) is 6.42 Å². The summed E-state index contributed by atoms with van der Waals surface area (Å²) in [7, 11) is 1.75. The molecule has 1 aromatic heterocycles. The predicted octanol–water partition coefficient (Wildman–Crippen LogP) is 3.17. The van der Waals surface area contributed by atoms with Crippen LogP contribution in [0, 0.1) is 5.82 Å². The van der Waals surface area contributed by atoms with Crippen molar-refractivity contribution < 1.29 is 8.81 Å². The summed E-state index contributed by atoms with van der Waals surface area (Å²) in [6.07, 6.45) is 4.42. The maximum absolute atomic E-state index is 12.9. The van der Waals surface area contributed by atoms with Crippen molar-refractivity contribution in [2.45, 2.75) is 6.42 Å². The number of halogens is 2. The first-order valence-corrected chi connectivity index (χ1v) is 8.76. The molecule has 0 atom stereocenters. The van der Waals surface area contributed by atoms with Crippen LogP contribution in [-0.4, -0.2) is 43.1 Å². The first kappa shape index (κ1) is 20.8. The molecule has 8 heteroatoms. The summed E-state index contributed by atoms with van der Waals surface area (Å²) in [4.78, 5) is 8.57. The van der Waals surface area contributed by atoms with E-state index in [1.165, 1.54) is 12.1 Å². The van der Waals surface area contributed by atoms with Crippen molar-refractivity contribution >= 4 is 41.7 Å². The Kier molecular flexibility index (Phi) is 9.77. The zero-order valence-corrected chi connectivity index (χ0v) is 16.9. The minimum Gasteiger partial charge on any atom is -0.444 e. The van der Waals surface area contributed by atoms with E-state index < -0.39 is 0 Å². The summed E-state index contributed by atoms with van der Waals surface area (Å²) in [5.41, 5.74) is 1.61. The molecule has 2 aromatic rings. The molecule has 0 saturated heterocycles. The molecule has 0 unspecified atom stereocenters. The van der Waals surface area contributed by atoms with Gasteiger partial charge in [0.2, 0.25) is 5.89 Å². The van der Waals surface area contributed by atoms with Crippen LogP contribution < -0.4 is 10.6 Å². The first-order chi connectivity index (χ1) is 11.2. The maximum Gasteiger partial charge on any atom is 0.226 e. The Morgan fingerprint density at radius 2 is 1.96 bits per heavy atom. The van der Waals surface area contributed by atoms with E-state index in [9.17, 15) is 4.39 Å². The number of aromatic nitrogens is 1. The molecule has 0 spiro atoms. The number of thioether (sulfide) groups is 1. The lowest BCUT2D eigenvalue weighted by Crippen LogP contribution is -2.39. The molecule has 24 heavy (non-hydrogen) atoms. The van der Waals surface area contributed by atoms with E-state index in [0.717, 1.165) is 29.5 Å². The van der Waals surface area contributed by atoms with Gasteiger partial charge in [-0.2, -0.15) is 11.8 Å². The van der Waals surface area contributed by atoms with E-state index in [-0.39, 0.29) is 29.8 Å². The first-order valence-electron chi connectivity index (χ1n) is 7.36. The van der Waals surface area contributed by atoms with E-state index in [4.69, 9.17) is 4.42 Å². The van der Waals surface area contributed by atoms with E-state index in [0.29, 0.717) is 18.9 Å². The minimum absolute atomic E-state index is 0. The summed E-state index contributed by atoms with van der Waals surface area (Å²) in [5.74, 6) is 2.04. The van der Waals surface area contributed by atoms with Crippen LogP contribution in [0.1, 0.15) is 5.69 Å². The van der Waals surface area contributed by atoms with Crippen molar-refractivity contribution in [3.8, 4) is 11.5 Å². The highest BCUT2D eigenvalue weighted by Gasteiger charge is 2.07. The SMILES string of the molecule is CN=C(NCCSC)NCCc1coc(-c2ccc(F)cc2)n1.I. The zero-order valence-electron chi connectivity index (χ0n) is 13.7. The summed E-state index contributed by atoms with van der Waals surface area (Å²) in [6.45, 7) is 1.58. The van der Waals surface area contributed by atoms with Crippen LogP contribution >= 0.6 is 35.7 Å². The number of aliphatic imine (C=N–C) groups is 1. The Labute approximate surface area is 162 Å². The van der Waals surface area contributed by atoms with Crippen molar-refractivity contribution in [3.63, 3.8) is 0 Å². The van der Waals surface area contributed by atoms with Gasteiger partial charge in [0.25, 0.3) is 0 Å². The number of nitrogens with zero attached hydrogens (tertiary/aromatic N) is 2. The van der Waals surface area contributed by atoms with Gasteiger partial charge in [-0.05, 0) is 30.5 Å². The predicted molar refractivity (Wildman–Crippen MR) is 109 cm³/mol. The summed E-state index contributed by atoms with van der Waals surface area (Å²) in [6, 6.07) is 6.09. The van der Waals surface area contributed by atoms with Gasteiger partial charge in [-0.25, -0.2) is 9.37 Å². The monoisotopic (exact) mass is 464 g/mol. The number of oxazole rings is 1. The second-order valence-corrected chi connectivity index (χ2v) is 5.81. The van der Waals surface area contributed by atoms with Crippen LogP contribution in [0.4, 0.5) is 4.39 Å². The molecule has 0 bridgehead atoms. The fourth-order valence-electron chi connectivity index (χ4n) is 1.95. The molecule has 132 valence electrons. The largest absolute Gasteiger partial charge is 0.444 e. The molecule has 0 aliphatic heterocycles. The molecule has 0 aliphatic carbocycles. The van der Waals surface area contributed by atoms with E-state index in [1.807, 2.05) is 0 Å². The molecule has 0 saturated carbocycles. The number of guanidine groups is 1. The second-order valence-electron chi connectivity index (χ2n) is 4.82. The average Bonchev–Trinajstić information content (AvgIpc) is 3.03. The Morgan fingerprint density at radius 3 is 2.62 bits per heavy atom. The van der Waals surface area contributed by atoms with Gasteiger partial charge < -0.3 is 15.1 Å². The fraction of sp³-hybridized carbons (Fsp3) is 0.375. The lowest BCUT2D eigenvalue weighted by molar-refractivity contribution is 0.571. The molecule has 2 N–H and O–H groups in total. The van der Waals surface area contributed by atoms with Gasteiger partial charge in [0.15, 0.2) is 5.96 Å². The molecule has 2 rings (SSSR count). The number of hydrogen-bond acceptors (Lipinski definition) is 4. The van der Waals surface area contributed by atoms with Gasteiger partial charge in [-0.3, -0.25) is 4.99 Å². The molecule has 0 radical (unpaired) electrons. The number of benzene rings is 1. The van der Waals surface area contributed by atoms with Crippen molar-refractivity contribution in [1.29, 1.82) is 0 Å². The highest BCUT2D eigenvalue weighted by atomic mass is 127. The van der Waals surface area contributed by atoms with Gasteiger partial charge in [-0.15, -0.1) is 24.0 Å². The average molecular weight is 464 g/mol. The number of hydrogen-bond donors (Lipinski definition) is 2. The topological polar surface area (TPSA) is 62.5 Å². The maximum atomic E-state index is 12.9.